The number of hydrogen-bond acceptors (Lipinski definition) is 8. The lowest BCUT2D eigenvalue weighted by Gasteiger charge is -2.19. The van der Waals surface area contributed by atoms with Crippen LogP contribution in [0.4, 0.5) is 9.59 Å². The zero-order chi connectivity index (χ0) is 38.1. The predicted molar refractivity (Wildman–Crippen MR) is 199 cm³/mol. The fourth-order valence-electron chi connectivity index (χ4n) is 6.38. The molecular formula is C42H42N2O9. The highest BCUT2D eigenvalue weighted by Gasteiger charge is 2.30. The van der Waals surface area contributed by atoms with Crippen LogP contribution in [0.2, 0.25) is 0 Å². The van der Waals surface area contributed by atoms with Gasteiger partial charge in [0.25, 0.3) is 0 Å². The lowest BCUT2D eigenvalue weighted by molar-refractivity contribution is -0.139. The Balaban J connectivity index is 1.25. The van der Waals surface area contributed by atoms with Crippen molar-refractivity contribution < 1.29 is 43.2 Å². The van der Waals surface area contributed by atoms with Crippen LogP contribution >= 0.6 is 0 Å². The molecule has 0 saturated heterocycles. The molecule has 4 aromatic carbocycles. The number of aromatic nitrogens is 1. The molecule has 0 saturated carbocycles. The predicted octanol–water partition coefficient (Wildman–Crippen LogP) is 8.43. The SMILES string of the molecule is CC(C)(C)OC(=O)Oc1ccc2c(C[C@H](NC(=O)OCC3c4ccccc4-c4ccccc43)C(=O)O)cn(-c3ccc(C(=O)OC(C)(C)C)cc3)c2c1. The second kappa shape index (κ2) is 14.5. The molecule has 1 aromatic heterocycles. The number of carbonyl (C=O) groups is 4. The van der Waals surface area contributed by atoms with Crippen molar-refractivity contribution in [3.05, 3.63) is 119 Å². The minimum Gasteiger partial charge on any atom is -0.480 e. The molecular weight excluding hydrogens is 676 g/mol. The summed E-state index contributed by atoms with van der Waals surface area (Å²) < 4.78 is 23.7. The van der Waals surface area contributed by atoms with Gasteiger partial charge in [0.15, 0.2) is 0 Å². The lowest BCUT2D eigenvalue weighted by Crippen LogP contribution is -2.42. The third kappa shape index (κ3) is 8.52. The van der Waals surface area contributed by atoms with E-state index in [9.17, 15) is 24.3 Å². The smallest absolute Gasteiger partial charge is 0.480 e. The number of carboxylic acids is 1. The van der Waals surface area contributed by atoms with E-state index in [0.29, 0.717) is 27.7 Å². The molecule has 1 atom stereocenters. The van der Waals surface area contributed by atoms with Crippen LogP contribution in [0, 0.1) is 0 Å². The van der Waals surface area contributed by atoms with Crippen LogP contribution in [-0.2, 0) is 25.4 Å². The Morgan fingerprint density at radius 2 is 1.40 bits per heavy atom. The maximum absolute atomic E-state index is 13.1. The number of amides is 1. The number of carboxylic acid groups (broad SMARTS) is 1. The summed E-state index contributed by atoms with van der Waals surface area (Å²) in [7, 11) is 0. The number of rotatable bonds is 9. The molecule has 11 heteroatoms. The van der Waals surface area contributed by atoms with Crippen molar-refractivity contribution in [2.24, 2.45) is 0 Å². The van der Waals surface area contributed by atoms with Crippen molar-refractivity contribution in [2.75, 3.05) is 6.61 Å². The van der Waals surface area contributed by atoms with E-state index in [4.69, 9.17) is 18.9 Å². The van der Waals surface area contributed by atoms with Gasteiger partial charge in [0.1, 0.15) is 29.6 Å². The molecule has 5 aromatic rings. The van der Waals surface area contributed by atoms with Gasteiger partial charge in [0.05, 0.1) is 11.1 Å². The summed E-state index contributed by atoms with van der Waals surface area (Å²) in [5, 5.41) is 13.4. The highest BCUT2D eigenvalue weighted by Crippen LogP contribution is 2.44. The molecule has 0 aliphatic heterocycles. The van der Waals surface area contributed by atoms with E-state index < -0.39 is 41.4 Å². The van der Waals surface area contributed by atoms with Gasteiger partial charge in [0.2, 0.25) is 0 Å². The van der Waals surface area contributed by atoms with E-state index in [1.54, 1.807) is 94.8 Å². The van der Waals surface area contributed by atoms with Gasteiger partial charge in [0, 0.05) is 35.7 Å². The van der Waals surface area contributed by atoms with Crippen molar-refractivity contribution in [1.82, 2.24) is 9.88 Å². The maximum Gasteiger partial charge on any atom is 0.514 e. The number of esters is 1. The number of nitrogens with zero attached hydrogens (tertiary/aromatic N) is 1. The summed E-state index contributed by atoms with van der Waals surface area (Å²) in [6.45, 7) is 10.6. The standard InChI is InChI=1S/C42H42N2O9/c1-41(2,3)52-38(47)25-15-17-27(18-16-25)44-23-26(29-20-19-28(22-36(29)44)51-40(49)53-42(4,5)6)21-35(37(45)46)43-39(48)50-24-34-32-13-9-7-11-30(32)31-12-8-10-14-33(31)34/h7-20,22-23,34-35H,21,24H2,1-6H3,(H,43,48)(H,45,46)/t35-/m0/s1. The fraction of sp³-hybridized carbons (Fsp3) is 0.286. The minimum atomic E-state index is -1.34. The molecule has 1 amide bonds. The van der Waals surface area contributed by atoms with E-state index in [0.717, 1.165) is 22.3 Å². The molecule has 11 nitrogen and oxygen atoms in total. The van der Waals surface area contributed by atoms with Gasteiger partial charge in [-0.15, -0.1) is 0 Å². The largest absolute Gasteiger partial charge is 0.514 e. The Morgan fingerprint density at radius 3 is 1.98 bits per heavy atom. The Kier molecular flexibility index (Phi) is 10.0. The Labute approximate surface area is 307 Å². The Bertz CT molecular complexity index is 2140. The van der Waals surface area contributed by atoms with Crippen molar-refractivity contribution in [2.45, 2.75) is 71.1 Å². The van der Waals surface area contributed by atoms with Crippen molar-refractivity contribution in [1.29, 1.82) is 0 Å². The van der Waals surface area contributed by atoms with E-state index in [2.05, 4.69) is 5.32 Å². The summed E-state index contributed by atoms with van der Waals surface area (Å²) in [4.78, 5) is 50.9. The number of benzene rings is 4. The van der Waals surface area contributed by atoms with Crippen molar-refractivity contribution >= 4 is 35.1 Å². The quantitative estimate of drug-likeness (QED) is 0.0872. The second-order valence-corrected chi connectivity index (χ2v) is 14.9. The Hall–Kier alpha value is -6.10. The molecule has 1 heterocycles. The molecule has 2 N–H and O–H groups in total. The van der Waals surface area contributed by atoms with E-state index >= 15 is 0 Å². The first-order chi connectivity index (χ1) is 25.1. The van der Waals surface area contributed by atoms with E-state index in [1.807, 2.05) is 48.5 Å². The van der Waals surface area contributed by atoms with Crippen LogP contribution in [0.15, 0.2) is 97.2 Å². The van der Waals surface area contributed by atoms with Crippen LogP contribution in [0.5, 0.6) is 5.75 Å². The summed E-state index contributed by atoms with van der Waals surface area (Å²) in [6, 6.07) is 26.2. The van der Waals surface area contributed by atoms with Gasteiger partial charge >= 0.3 is 24.2 Å². The maximum atomic E-state index is 13.1. The van der Waals surface area contributed by atoms with Crippen molar-refractivity contribution in [3.63, 3.8) is 0 Å². The first kappa shape index (κ1) is 36.7. The number of carbonyl (C=O) groups excluding carboxylic acids is 3. The van der Waals surface area contributed by atoms with Gasteiger partial charge in [-0.3, -0.25) is 0 Å². The summed E-state index contributed by atoms with van der Waals surface area (Å²) in [5.41, 5.74) is 4.97. The average Bonchev–Trinajstić information content (AvgIpc) is 3.60. The van der Waals surface area contributed by atoms with Crippen LogP contribution in [0.25, 0.3) is 27.7 Å². The zero-order valence-corrected chi connectivity index (χ0v) is 30.5. The highest BCUT2D eigenvalue weighted by atomic mass is 16.7. The number of fused-ring (bicyclic) bond motifs is 4. The zero-order valence-electron chi connectivity index (χ0n) is 30.5. The molecule has 1 aliphatic rings. The number of alkyl carbamates (subject to hydrolysis) is 1. The van der Waals surface area contributed by atoms with E-state index in [-0.39, 0.29) is 24.7 Å². The van der Waals surface area contributed by atoms with Gasteiger partial charge < -0.3 is 33.9 Å². The molecule has 0 bridgehead atoms. The molecule has 6 rings (SSSR count). The summed E-state index contributed by atoms with van der Waals surface area (Å²) in [6.07, 6.45) is -0.0747. The molecule has 0 fully saturated rings. The monoisotopic (exact) mass is 718 g/mol. The number of aliphatic carboxylic acids is 1. The average molecular weight is 719 g/mol. The molecule has 0 spiro atoms. The van der Waals surface area contributed by atoms with E-state index in [1.165, 1.54) is 0 Å². The first-order valence-electron chi connectivity index (χ1n) is 17.3. The van der Waals surface area contributed by atoms with Gasteiger partial charge in [-0.1, -0.05) is 48.5 Å². The number of nitrogens with one attached hydrogen (secondary N) is 1. The Morgan fingerprint density at radius 1 is 0.792 bits per heavy atom. The third-order valence-corrected chi connectivity index (χ3v) is 8.59. The highest BCUT2D eigenvalue weighted by molar-refractivity contribution is 5.91. The topological polar surface area (TPSA) is 142 Å². The van der Waals surface area contributed by atoms with Crippen LogP contribution in [0.1, 0.15) is 74.5 Å². The summed E-state index contributed by atoms with van der Waals surface area (Å²) >= 11 is 0. The van der Waals surface area contributed by atoms with Gasteiger partial charge in [-0.05, 0) is 106 Å². The normalized spacial score (nSPS) is 13.1. The summed E-state index contributed by atoms with van der Waals surface area (Å²) in [5.74, 6) is -1.70. The van der Waals surface area contributed by atoms with Gasteiger partial charge in [-0.2, -0.15) is 0 Å². The molecule has 1 aliphatic carbocycles. The van der Waals surface area contributed by atoms with Crippen molar-refractivity contribution in [3.8, 4) is 22.6 Å². The second-order valence-electron chi connectivity index (χ2n) is 14.9. The number of hydrogen-bond donors (Lipinski definition) is 2. The molecule has 53 heavy (non-hydrogen) atoms. The molecule has 0 radical (unpaired) electrons. The van der Waals surface area contributed by atoms with Crippen LogP contribution in [0.3, 0.4) is 0 Å². The minimum absolute atomic E-state index is 0.0330. The lowest BCUT2D eigenvalue weighted by atomic mass is 9.98. The van der Waals surface area contributed by atoms with Gasteiger partial charge in [-0.25, -0.2) is 19.2 Å². The number of ether oxygens (including phenoxy) is 4. The van der Waals surface area contributed by atoms with Crippen LogP contribution < -0.4 is 10.1 Å². The molecule has 274 valence electrons. The molecule has 0 unspecified atom stereocenters. The first-order valence-corrected chi connectivity index (χ1v) is 17.3. The van der Waals surface area contributed by atoms with Crippen LogP contribution in [-0.4, -0.2) is 57.7 Å². The fourth-order valence-corrected chi connectivity index (χ4v) is 6.38. The third-order valence-electron chi connectivity index (χ3n) is 8.59.